The summed E-state index contributed by atoms with van der Waals surface area (Å²) in [5, 5.41) is 14.0. The summed E-state index contributed by atoms with van der Waals surface area (Å²) in [4.78, 5) is 11.6. The predicted molar refractivity (Wildman–Crippen MR) is 80.8 cm³/mol. The molecule has 0 spiro atoms. The van der Waals surface area contributed by atoms with Crippen molar-refractivity contribution in [2.75, 3.05) is 10.6 Å². The van der Waals surface area contributed by atoms with Crippen LogP contribution in [-0.2, 0) is 4.79 Å². The monoisotopic (exact) mass is 332 g/mol. The Labute approximate surface area is 124 Å². The number of nitrogens with zero attached hydrogens (tertiary/aromatic N) is 2. The first-order valence-corrected chi connectivity index (χ1v) is 7.18. The number of amides is 1. The average Bonchev–Trinajstić information content (AvgIpc) is 3.28. The summed E-state index contributed by atoms with van der Waals surface area (Å²) >= 11 is 3.46. The zero-order chi connectivity index (χ0) is 13.9. The van der Waals surface area contributed by atoms with Gasteiger partial charge in [0.2, 0.25) is 5.91 Å². The van der Waals surface area contributed by atoms with Crippen LogP contribution >= 0.6 is 15.9 Å². The van der Waals surface area contributed by atoms with E-state index >= 15 is 0 Å². The number of hydrogen-bond acceptors (Lipinski definition) is 4. The van der Waals surface area contributed by atoms with Crippen molar-refractivity contribution in [1.29, 1.82) is 0 Å². The molecule has 1 fully saturated rings. The summed E-state index contributed by atoms with van der Waals surface area (Å²) in [5.74, 6) is 1.31. The number of halogens is 1. The topological polar surface area (TPSA) is 66.9 Å². The van der Waals surface area contributed by atoms with Crippen molar-refractivity contribution in [3.8, 4) is 0 Å². The highest BCUT2D eigenvalue weighted by Crippen LogP contribution is 2.30. The lowest BCUT2D eigenvalue weighted by Crippen LogP contribution is -2.14. The molecule has 0 unspecified atom stereocenters. The molecule has 5 nitrogen and oxygen atoms in total. The molecule has 2 aromatic rings. The number of rotatable bonds is 4. The maximum Gasteiger partial charge on any atom is 0.228 e. The van der Waals surface area contributed by atoms with Gasteiger partial charge in [-0.15, -0.1) is 10.2 Å². The van der Waals surface area contributed by atoms with Crippen LogP contribution in [0, 0.1) is 5.92 Å². The molecule has 1 saturated carbocycles. The standard InChI is InChI=1S/C14H13BrN4O/c15-10-3-1-2-4-11(10)16-12-7-8-13(19-18-12)17-14(20)9-5-6-9/h1-4,7-9H,5-6H2,(H,16,18)(H,17,19,20). The van der Waals surface area contributed by atoms with E-state index in [2.05, 4.69) is 36.8 Å². The van der Waals surface area contributed by atoms with E-state index < -0.39 is 0 Å². The highest BCUT2D eigenvalue weighted by Gasteiger charge is 2.29. The lowest BCUT2D eigenvalue weighted by Gasteiger charge is -2.07. The van der Waals surface area contributed by atoms with Gasteiger partial charge in [0.25, 0.3) is 0 Å². The smallest absolute Gasteiger partial charge is 0.228 e. The van der Waals surface area contributed by atoms with Gasteiger partial charge in [-0.2, -0.15) is 0 Å². The number of para-hydroxylation sites is 1. The lowest BCUT2D eigenvalue weighted by molar-refractivity contribution is -0.117. The molecule has 0 atom stereocenters. The second-order valence-electron chi connectivity index (χ2n) is 4.67. The van der Waals surface area contributed by atoms with Crippen molar-refractivity contribution >= 4 is 39.2 Å². The van der Waals surface area contributed by atoms with Gasteiger partial charge in [-0.05, 0) is 53.0 Å². The lowest BCUT2D eigenvalue weighted by atomic mass is 10.3. The molecule has 102 valence electrons. The largest absolute Gasteiger partial charge is 0.338 e. The molecule has 0 radical (unpaired) electrons. The Morgan fingerprint density at radius 1 is 1.10 bits per heavy atom. The maximum absolute atomic E-state index is 11.6. The molecule has 1 aromatic heterocycles. The van der Waals surface area contributed by atoms with Crippen LogP contribution in [0.3, 0.4) is 0 Å². The molecule has 1 aromatic carbocycles. The maximum atomic E-state index is 11.6. The minimum absolute atomic E-state index is 0.0332. The molecular weight excluding hydrogens is 320 g/mol. The van der Waals surface area contributed by atoms with Gasteiger partial charge in [0.15, 0.2) is 11.6 Å². The van der Waals surface area contributed by atoms with E-state index in [0.717, 1.165) is 23.0 Å². The number of aromatic nitrogens is 2. The molecule has 3 rings (SSSR count). The summed E-state index contributed by atoms with van der Waals surface area (Å²) < 4.78 is 0.952. The van der Waals surface area contributed by atoms with Crippen LogP contribution in [0.4, 0.5) is 17.3 Å². The molecule has 0 saturated heterocycles. The van der Waals surface area contributed by atoms with E-state index in [1.54, 1.807) is 12.1 Å². The van der Waals surface area contributed by atoms with Crippen molar-refractivity contribution in [2.24, 2.45) is 5.92 Å². The zero-order valence-electron chi connectivity index (χ0n) is 10.6. The number of nitrogens with one attached hydrogen (secondary N) is 2. The number of carbonyl (C=O) groups excluding carboxylic acids is 1. The van der Waals surface area contributed by atoms with E-state index in [-0.39, 0.29) is 11.8 Å². The zero-order valence-corrected chi connectivity index (χ0v) is 12.2. The number of hydrogen-bond donors (Lipinski definition) is 2. The van der Waals surface area contributed by atoms with Crippen LogP contribution in [-0.4, -0.2) is 16.1 Å². The van der Waals surface area contributed by atoms with Gasteiger partial charge in [-0.3, -0.25) is 4.79 Å². The van der Waals surface area contributed by atoms with Crippen molar-refractivity contribution in [3.05, 3.63) is 40.9 Å². The highest BCUT2D eigenvalue weighted by molar-refractivity contribution is 9.10. The number of anilines is 3. The Morgan fingerprint density at radius 2 is 1.80 bits per heavy atom. The molecular formula is C14H13BrN4O. The number of carbonyl (C=O) groups is 1. The van der Waals surface area contributed by atoms with E-state index in [4.69, 9.17) is 0 Å². The van der Waals surface area contributed by atoms with Crippen LogP contribution < -0.4 is 10.6 Å². The quantitative estimate of drug-likeness (QED) is 0.901. The Morgan fingerprint density at radius 3 is 2.45 bits per heavy atom. The van der Waals surface area contributed by atoms with Crippen LogP contribution in [0.25, 0.3) is 0 Å². The van der Waals surface area contributed by atoms with Crippen molar-refractivity contribution in [3.63, 3.8) is 0 Å². The van der Waals surface area contributed by atoms with Crippen LogP contribution in [0.2, 0.25) is 0 Å². The minimum atomic E-state index is 0.0332. The molecule has 1 aliphatic carbocycles. The van der Waals surface area contributed by atoms with Gasteiger partial charge < -0.3 is 10.6 Å². The van der Waals surface area contributed by atoms with Gasteiger partial charge >= 0.3 is 0 Å². The minimum Gasteiger partial charge on any atom is -0.338 e. The predicted octanol–water partition coefficient (Wildman–Crippen LogP) is 3.33. The third-order valence-electron chi connectivity index (χ3n) is 3.00. The molecule has 0 bridgehead atoms. The van der Waals surface area contributed by atoms with Crippen LogP contribution in [0.15, 0.2) is 40.9 Å². The van der Waals surface area contributed by atoms with Crippen molar-refractivity contribution < 1.29 is 4.79 Å². The molecule has 6 heteroatoms. The summed E-state index contributed by atoms with van der Waals surface area (Å²) in [7, 11) is 0. The van der Waals surface area contributed by atoms with Gasteiger partial charge in [-0.1, -0.05) is 12.1 Å². The molecule has 0 aliphatic heterocycles. The fraction of sp³-hybridized carbons (Fsp3) is 0.214. The Hall–Kier alpha value is -1.95. The van der Waals surface area contributed by atoms with E-state index in [1.807, 2.05) is 24.3 Å². The first-order valence-electron chi connectivity index (χ1n) is 6.38. The van der Waals surface area contributed by atoms with Gasteiger partial charge in [0.05, 0.1) is 5.69 Å². The summed E-state index contributed by atoms with van der Waals surface area (Å²) in [6, 6.07) is 11.3. The Kier molecular flexibility index (Phi) is 3.64. The van der Waals surface area contributed by atoms with E-state index in [1.165, 1.54) is 0 Å². The highest BCUT2D eigenvalue weighted by atomic mass is 79.9. The summed E-state index contributed by atoms with van der Waals surface area (Å²) in [5.41, 5.74) is 0.913. The molecule has 1 amide bonds. The van der Waals surface area contributed by atoms with Gasteiger partial charge in [-0.25, -0.2) is 0 Å². The van der Waals surface area contributed by atoms with E-state index in [9.17, 15) is 4.79 Å². The van der Waals surface area contributed by atoms with Gasteiger partial charge in [0.1, 0.15) is 0 Å². The summed E-state index contributed by atoms with van der Waals surface area (Å²) in [6.45, 7) is 0. The fourth-order valence-electron chi connectivity index (χ4n) is 1.74. The van der Waals surface area contributed by atoms with Crippen LogP contribution in [0.5, 0.6) is 0 Å². The first-order chi connectivity index (χ1) is 9.72. The third kappa shape index (κ3) is 3.14. The van der Waals surface area contributed by atoms with Crippen molar-refractivity contribution in [1.82, 2.24) is 10.2 Å². The molecule has 1 aliphatic rings. The third-order valence-corrected chi connectivity index (χ3v) is 3.69. The Balaban J connectivity index is 1.66. The SMILES string of the molecule is O=C(Nc1ccc(Nc2ccccc2Br)nn1)C1CC1. The fourth-order valence-corrected chi connectivity index (χ4v) is 2.12. The van der Waals surface area contributed by atoms with E-state index in [0.29, 0.717) is 11.6 Å². The molecule has 1 heterocycles. The second kappa shape index (κ2) is 5.58. The molecule has 20 heavy (non-hydrogen) atoms. The summed E-state index contributed by atoms with van der Waals surface area (Å²) in [6.07, 6.45) is 1.95. The van der Waals surface area contributed by atoms with Crippen LogP contribution in [0.1, 0.15) is 12.8 Å². The molecule has 2 N–H and O–H groups in total. The number of benzene rings is 1. The van der Waals surface area contributed by atoms with Crippen molar-refractivity contribution in [2.45, 2.75) is 12.8 Å². The average molecular weight is 333 g/mol. The Bertz CT molecular complexity index is 625. The normalized spacial score (nSPS) is 13.8. The first kappa shape index (κ1) is 13.1. The second-order valence-corrected chi connectivity index (χ2v) is 5.53. The van der Waals surface area contributed by atoms with Gasteiger partial charge in [0, 0.05) is 10.4 Å².